The molecule has 2 nitrogen and oxygen atoms in total. The first-order valence-electron chi connectivity index (χ1n) is 5.44. The van der Waals surface area contributed by atoms with Crippen LogP contribution >= 0.6 is 12.2 Å². The minimum absolute atomic E-state index is 0.490. The van der Waals surface area contributed by atoms with Gasteiger partial charge in [0.2, 0.25) is 0 Å². The molecule has 0 aliphatic rings. The molecule has 2 aromatic rings. The molecule has 0 unspecified atom stereocenters. The second-order valence-electron chi connectivity index (χ2n) is 4.28. The average molecular weight is 232 g/mol. The number of aromatic amines is 1. The van der Waals surface area contributed by atoms with E-state index in [-0.39, 0.29) is 0 Å². The van der Waals surface area contributed by atoms with Crippen molar-refractivity contribution in [3.8, 4) is 0 Å². The molecular weight excluding hydrogens is 216 g/mol. The van der Waals surface area contributed by atoms with Gasteiger partial charge >= 0.3 is 0 Å². The van der Waals surface area contributed by atoms with E-state index in [0.717, 1.165) is 15.4 Å². The normalized spacial score (nSPS) is 11.0. The van der Waals surface area contributed by atoms with E-state index >= 15 is 0 Å². The average Bonchev–Trinajstić information content (AvgIpc) is 2.28. The fraction of sp³-hybridized carbons (Fsp3) is 0.308. The first-order valence-corrected chi connectivity index (χ1v) is 5.84. The Kier molecular flexibility index (Phi) is 2.97. The summed E-state index contributed by atoms with van der Waals surface area (Å²) in [6.45, 7) is 4.36. The predicted molar refractivity (Wildman–Crippen MR) is 72.7 cm³/mol. The van der Waals surface area contributed by atoms with Crippen LogP contribution in [0.3, 0.4) is 0 Å². The molecule has 84 valence electrons. The van der Waals surface area contributed by atoms with Crippen molar-refractivity contribution in [2.24, 2.45) is 0 Å². The van der Waals surface area contributed by atoms with E-state index in [4.69, 9.17) is 12.2 Å². The van der Waals surface area contributed by atoms with Gasteiger partial charge in [0.25, 0.3) is 0 Å². The molecule has 1 aromatic carbocycles. The summed E-state index contributed by atoms with van der Waals surface area (Å²) in [5.74, 6) is 0. The molecule has 0 fully saturated rings. The third-order valence-corrected chi connectivity index (χ3v) is 3.28. The number of fused-ring (bicyclic) bond motifs is 1. The predicted octanol–water partition coefficient (Wildman–Crippen LogP) is 3.74. The van der Waals surface area contributed by atoms with Crippen LogP contribution in [-0.4, -0.2) is 18.1 Å². The van der Waals surface area contributed by atoms with Crippen molar-refractivity contribution >= 4 is 28.8 Å². The van der Waals surface area contributed by atoms with Gasteiger partial charge in [-0.25, -0.2) is 0 Å². The molecule has 0 radical (unpaired) electrons. The number of rotatable bonds is 2. The summed E-state index contributed by atoms with van der Waals surface area (Å²) < 4.78 is 0.896. The molecule has 0 spiro atoms. The van der Waals surface area contributed by atoms with Crippen LogP contribution in [0.1, 0.15) is 13.8 Å². The minimum atomic E-state index is 0.490. The fourth-order valence-electron chi connectivity index (χ4n) is 1.68. The van der Waals surface area contributed by atoms with Crippen LogP contribution in [0, 0.1) is 4.51 Å². The van der Waals surface area contributed by atoms with E-state index in [2.05, 4.69) is 49.0 Å². The van der Waals surface area contributed by atoms with Gasteiger partial charge in [0.05, 0.1) is 0 Å². The number of hydrogen-bond acceptors (Lipinski definition) is 2. The number of pyridine rings is 1. The fourth-order valence-corrected chi connectivity index (χ4v) is 1.93. The van der Waals surface area contributed by atoms with Gasteiger partial charge in [-0.2, -0.15) is 0 Å². The van der Waals surface area contributed by atoms with Gasteiger partial charge in [0.1, 0.15) is 0 Å². The highest BCUT2D eigenvalue weighted by Crippen LogP contribution is 2.21. The molecule has 16 heavy (non-hydrogen) atoms. The first kappa shape index (κ1) is 11.1. The minimum Gasteiger partial charge on any atom is -0.372 e. The summed E-state index contributed by atoms with van der Waals surface area (Å²) in [6, 6.07) is 8.76. The third kappa shape index (κ3) is 1.95. The lowest BCUT2D eigenvalue weighted by Gasteiger charge is -2.24. The van der Waals surface area contributed by atoms with Crippen molar-refractivity contribution in [1.82, 2.24) is 4.98 Å². The second-order valence-corrected chi connectivity index (χ2v) is 4.72. The number of aromatic nitrogens is 1. The maximum absolute atomic E-state index is 5.28. The van der Waals surface area contributed by atoms with Gasteiger partial charge < -0.3 is 9.88 Å². The van der Waals surface area contributed by atoms with E-state index in [9.17, 15) is 0 Å². The Hall–Kier alpha value is -1.35. The summed E-state index contributed by atoms with van der Waals surface area (Å²) >= 11 is 5.28. The van der Waals surface area contributed by atoms with Crippen LogP contribution in [0.5, 0.6) is 0 Å². The van der Waals surface area contributed by atoms with Crippen molar-refractivity contribution in [2.75, 3.05) is 11.9 Å². The highest BCUT2D eigenvalue weighted by Gasteiger charge is 2.05. The molecule has 0 saturated heterocycles. The molecular formula is C13H16N2S. The molecule has 0 saturated carbocycles. The number of anilines is 1. The molecule has 0 aliphatic heterocycles. The van der Waals surface area contributed by atoms with Crippen LogP contribution in [0.25, 0.3) is 10.9 Å². The zero-order valence-electron chi connectivity index (χ0n) is 9.82. The lowest BCUT2D eigenvalue weighted by Crippen LogP contribution is -2.25. The number of hydrogen-bond donors (Lipinski definition) is 1. The summed E-state index contributed by atoms with van der Waals surface area (Å²) in [5, 5.41) is 1.11. The molecule has 2 rings (SSSR count). The number of nitrogens with zero attached hydrogens (tertiary/aromatic N) is 1. The maximum Gasteiger partial charge on any atom is 0.0488 e. The highest BCUT2D eigenvalue weighted by molar-refractivity contribution is 7.71. The zero-order chi connectivity index (χ0) is 11.7. The van der Waals surface area contributed by atoms with E-state index in [0.29, 0.717) is 6.04 Å². The van der Waals surface area contributed by atoms with Crippen molar-refractivity contribution < 1.29 is 0 Å². The Bertz CT molecular complexity index is 557. The van der Waals surface area contributed by atoms with Crippen molar-refractivity contribution in [1.29, 1.82) is 0 Å². The van der Waals surface area contributed by atoms with Gasteiger partial charge in [-0.3, -0.25) is 0 Å². The largest absolute Gasteiger partial charge is 0.372 e. The van der Waals surface area contributed by atoms with Crippen molar-refractivity contribution in [3.05, 3.63) is 35.0 Å². The van der Waals surface area contributed by atoms with Crippen molar-refractivity contribution in [3.63, 3.8) is 0 Å². The molecule has 0 bridgehead atoms. The van der Waals surface area contributed by atoms with Gasteiger partial charge in [0.15, 0.2) is 0 Å². The smallest absolute Gasteiger partial charge is 0.0488 e. The third-order valence-electron chi connectivity index (χ3n) is 2.92. The topological polar surface area (TPSA) is 19.0 Å². The Morgan fingerprint density at radius 1 is 1.25 bits per heavy atom. The molecule has 0 aliphatic carbocycles. The van der Waals surface area contributed by atoms with Gasteiger partial charge in [0, 0.05) is 40.4 Å². The quantitative estimate of drug-likeness (QED) is 0.795. The SMILES string of the molecule is CC(C)N(C)c1ccc2c(=S)cc[nH]c2c1. The van der Waals surface area contributed by atoms with Crippen molar-refractivity contribution in [2.45, 2.75) is 19.9 Å². The Balaban J connectivity index is 2.57. The van der Waals surface area contributed by atoms with E-state index < -0.39 is 0 Å². The summed E-state index contributed by atoms with van der Waals surface area (Å²) in [5.41, 5.74) is 2.30. The summed E-state index contributed by atoms with van der Waals surface area (Å²) in [7, 11) is 2.10. The molecule has 1 N–H and O–H groups in total. The van der Waals surface area contributed by atoms with Crippen LogP contribution in [0.4, 0.5) is 5.69 Å². The lowest BCUT2D eigenvalue weighted by molar-refractivity contribution is 0.755. The number of nitrogens with one attached hydrogen (secondary N) is 1. The Morgan fingerprint density at radius 2 is 2.00 bits per heavy atom. The molecule has 1 heterocycles. The molecule has 0 atom stereocenters. The monoisotopic (exact) mass is 232 g/mol. The van der Waals surface area contributed by atoms with E-state index in [1.54, 1.807) is 0 Å². The van der Waals surface area contributed by atoms with Gasteiger partial charge in [-0.1, -0.05) is 12.2 Å². The Labute approximate surface area is 101 Å². The number of H-pyrrole nitrogens is 1. The van der Waals surface area contributed by atoms with Crippen LogP contribution in [0.2, 0.25) is 0 Å². The zero-order valence-corrected chi connectivity index (χ0v) is 10.6. The maximum atomic E-state index is 5.28. The highest BCUT2D eigenvalue weighted by atomic mass is 32.1. The molecule has 3 heteroatoms. The van der Waals surface area contributed by atoms with E-state index in [1.165, 1.54) is 5.69 Å². The van der Waals surface area contributed by atoms with Gasteiger partial charge in [-0.15, -0.1) is 0 Å². The molecule has 0 amide bonds. The van der Waals surface area contributed by atoms with E-state index in [1.807, 2.05) is 12.3 Å². The standard InChI is InChI=1S/C13H16N2S/c1-9(2)15(3)10-4-5-11-12(8-10)14-7-6-13(11)16/h4-9H,1-3H3,(H,14,16). The molecule has 1 aromatic heterocycles. The Morgan fingerprint density at radius 3 is 2.69 bits per heavy atom. The second kappa shape index (κ2) is 4.26. The lowest BCUT2D eigenvalue weighted by atomic mass is 10.2. The van der Waals surface area contributed by atoms with Gasteiger partial charge in [-0.05, 0) is 38.1 Å². The number of benzene rings is 1. The summed E-state index contributed by atoms with van der Waals surface area (Å²) in [4.78, 5) is 5.47. The van der Waals surface area contributed by atoms with Crippen LogP contribution in [-0.2, 0) is 0 Å². The summed E-state index contributed by atoms with van der Waals surface area (Å²) in [6.07, 6.45) is 1.89. The van der Waals surface area contributed by atoms with Crippen LogP contribution in [0.15, 0.2) is 30.5 Å². The first-order chi connectivity index (χ1) is 7.59. The van der Waals surface area contributed by atoms with Crippen LogP contribution < -0.4 is 4.90 Å².